The van der Waals surface area contributed by atoms with E-state index in [0.717, 1.165) is 11.3 Å². The van der Waals surface area contributed by atoms with Crippen LogP contribution < -0.4 is 21.9 Å². The highest BCUT2D eigenvalue weighted by atomic mass is 16.2. The van der Waals surface area contributed by atoms with Crippen LogP contribution in [0.4, 0.5) is 11.5 Å². The van der Waals surface area contributed by atoms with Gasteiger partial charge in [0.2, 0.25) is 5.91 Å². The van der Waals surface area contributed by atoms with Gasteiger partial charge in [0.15, 0.2) is 0 Å². The molecular formula is C19H20N6O2. The molecule has 1 aliphatic rings. The summed E-state index contributed by atoms with van der Waals surface area (Å²) in [6.45, 7) is 0.347. The van der Waals surface area contributed by atoms with E-state index in [2.05, 4.69) is 46.1 Å². The highest BCUT2D eigenvalue weighted by molar-refractivity contribution is 5.88. The number of nitrogens with zero attached hydrogens (tertiary/aromatic N) is 2. The first kappa shape index (κ1) is 16.8. The van der Waals surface area contributed by atoms with Crippen LogP contribution in [-0.2, 0) is 11.8 Å². The van der Waals surface area contributed by atoms with Gasteiger partial charge in [0.05, 0.1) is 18.9 Å². The van der Waals surface area contributed by atoms with E-state index in [1.165, 1.54) is 15.5 Å². The Kier molecular flexibility index (Phi) is 4.08. The van der Waals surface area contributed by atoms with Gasteiger partial charge in [-0.05, 0) is 16.8 Å². The van der Waals surface area contributed by atoms with Gasteiger partial charge in [0, 0.05) is 18.8 Å². The van der Waals surface area contributed by atoms with Crippen molar-refractivity contribution in [1.29, 1.82) is 0 Å². The van der Waals surface area contributed by atoms with Crippen LogP contribution in [0.2, 0.25) is 0 Å². The average Bonchev–Trinajstić information content (AvgIpc) is 3.40. The molecule has 0 spiro atoms. The van der Waals surface area contributed by atoms with Crippen molar-refractivity contribution in [3.63, 3.8) is 0 Å². The summed E-state index contributed by atoms with van der Waals surface area (Å²) in [4.78, 5) is 25.8. The minimum absolute atomic E-state index is 0.0313. The molecule has 1 aromatic heterocycles. The second kappa shape index (κ2) is 6.56. The van der Waals surface area contributed by atoms with E-state index in [1.807, 2.05) is 23.2 Å². The van der Waals surface area contributed by atoms with E-state index >= 15 is 0 Å². The topological polar surface area (TPSA) is 108 Å². The third-order valence-corrected chi connectivity index (χ3v) is 4.51. The van der Waals surface area contributed by atoms with E-state index in [0.29, 0.717) is 6.67 Å². The molecule has 3 aromatic rings. The first-order chi connectivity index (χ1) is 13.0. The number of carbonyl (C=O) groups excluding carboxylic acids is 1. The quantitative estimate of drug-likeness (QED) is 0.526. The molecule has 4 rings (SSSR count). The molecule has 0 fully saturated rings. The summed E-state index contributed by atoms with van der Waals surface area (Å²) in [5, 5.41) is 10.6. The predicted molar refractivity (Wildman–Crippen MR) is 106 cm³/mol. The summed E-state index contributed by atoms with van der Waals surface area (Å²) in [6.07, 6.45) is 1.98. The van der Waals surface area contributed by atoms with E-state index < -0.39 is 0 Å². The normalized spacial score (nSPS) is 12.8. The van der Waals surface area contributed by atoms with Crippen molar-refractivity contribution >= 4 is 33.9 Å². The number of aromatic amines is 1. The number of aryl methyl sites for hydroxylation is 1. The zero-order chi connectivity index (χ0) is 19.0. The summed E-state index contributed by atoms with van der Waals surface area (Å²) in [5.41, 5.74) is 7.80. The molecule has 0 aliphatic carbocycles. The number of amides is 1. The van der Waals surface area contributed by atoms with Crippen molar-refractivity contribution in [2.24, 2.45) is 7.05 Å². The third kappa shape index (κ3) is 3.37. The number of nitrogen functional groups attached to an aromatic ring is 1. The van der Waals surface area contributed by atoms with Crippen LogP contribution in [0.3, 0.4) is 0 Å². The van der Waals surface area contributed by atoms with Crippen LogP contribution in [0, 0.1) is 0 Å². The van der Waals surface area contributed by atoms with E-state index in [1.54, 1.807) is 7.05 Å². The van der Waals surface area contributed by atoms with Crippen molar-refractivity contribution in [1.82, 2.24) is 20.0 Å². The van der Waals surface area contributed by atoms with Crippen molar-refractivity contribution in [2.75, 3.05) is 24.3 Å². The van der Waals surface area contributed by atoms with Crippen LogP contribution in [0.1, 0.15) is 5.56 Å². The van der Waals surface area contributed by atoms with Crippen LogP contribution in [0.15, 0.2) is 53.5 Å². The lowest BCUT2D eigenvalue weighted by Gasteiger charge is -2.10. The standard InChI is InChI=1S/C19H20N6O2/c1-24-19(27)17(18(20)23-24)21-9-16(26)22-11-25-10-15(25)14-7-6-12-4-2-3-5-13(12)8-14/h2-8,10,21,23H,9,11,20H2,1H3,(H,22,26). The number of anilines is 2. The third-order valence-electron chi connectivity index (χ3n) is 4.51. The number of hydrogen-bond donors (Lipinski definition) is 4. The fraction of sp³-hybridized carbons (Fsp3) is 0.158. The number of aromatic nitrogens is 2. The molecule has 1 amide bonds. The number of benzene rings is 2. The highest BCUT2D eigenvalue weighted by Gasteiger charge is 2.22. The Bertz CT molecular complexity index is 1110. The molecule has 2 aromatic carbocycles. The average molecular weight is 364 g/mol. The number of fused-ring (bicyclic) bond motifs is 1. The molecule has 0 atom stereocenters. The van der Waals surface area contributed by atoms with E-state index in [4.69, 9.17) is 5.73 Å². The monoisotopic (exact) mass is 364 g/mol. The minimum atomic E-state index is -0.300. The first-order valence-corrected chi connectivity index (χ1v) is 8.55. The first-order valence-electron chi connectivity index (χ1n) is 8.55. The van der Waals surface area contributed by atoms with E-state index in [9.17, 15) is 9.59 Å². The predicted octanol–water partition coefficient (Wildman–Crippen LogP) is 1.25. The lowest BCUT2D eigenvalue weighted by molar-refractivity contribution is -0.119. The summed E-state index contributed by atoms with van der Waals surface area (Å²) in [5.74, 6) is -0.0164. The summed E-state index contributed by atoms with van der Waals surface area (Å²) in [6, 6.07) is 14.5. The molecule has 0 bridgehead atoms. The van der Waals surface area contributed by atoms with Gasteiger partial charge in [-0.3, -0.25) is 19.4 Å². The van der Waals surface area contributed by atoms with Gasteiger partial charge in [-0.25, -0.2) is 0 Å². The largest absolute Gasteiger partial charge is 0.382 e. The van der Waals surface area contributed by atoms with Crippen molar-refractivity contribution < 1.29 is 4.79 Å². The minimum Gasteiger partial charge on any atom is -0.382 e. The Hall–Kier alpha value is -3.68. The van der Waals surface area contributed by atoms with Crippen LogP contribution in [0.25, 0.3) is 16.5 Å². The number of H-pyrrole nitrogens is 1. The maximum atomic E-state index is 12.0. The Balaban J connectivity index is 1.28. The zero-order valence-corrected chi connectivity index (χ0v) is 14.8. The van der Waals surface area contributed by atoms with Crippen molar-refractivity contribution in [3.05, 3.63) is 64.6 Å². The van der Waals surface area contributed by atoms with Gasteiger partial charge in [0.1, 0.15) is 11.5 Å². The molecule has 0 saturated carbocycles. The molecule has 2 heterocycles. The number of rotatable bonds is 6. The number of hydrogen-bond acceptors (Lipinski definition) is 5. The molecule has 0 saturated heterocycles. The Labute approximate surface area is 155 Å². The molecule has 0 radical (unpaired) electrons. The van der Waals surface area contributed by atoms with Crippen LogP contribution >= 0.6 is 0 Å². The Morgan fingerprint density at radius 2 is 1.96 bits per heavy atom. The van der Waals surface area contributed by atoms with E-state index in [-0.39, 0.29) is 29.5 Å². The molecule has 27 heavy (non-hydrogen) atoms. The molecule has 1 aliphatic heterocycles. The smallest absolute Gasteiger partial charge is 0.291 e. The van der Waals surface area contributed by atoms with Gasteiger partial charge in [-0.2, -0.15) is 0 Å². The second-order valence-corrected chi connectivity index (χ2v) is 6.42. The highest BCUT2D eigenvalue weighted by Crippen LogP contribution is 2.32. The lowest BCUT2D eigenvalue weighted by Crippen LogP contribution is -2.34. The van der Waals surface area contributed by atoms with Gasteiger partial charge in [-0.1, -0.05) is 36.4 Å². The lowest BCUT2D eigenvalue weighted by atomic mass is 10.1. The molecule has 8 nitrogen and oxygen atoms in total. The second-order valence-electron chi connectivity index (χ2n) is 6.42. The summed E-state index contributed by atoms with van der Waals surface area (Å²) in [7, 11) is 1.56. The fourth-order valence-electron chi connectivity index (χ4n) is 2.98. The maximum Gasteiger partial charge on any atom is 0.291 e. The molecule has 8 heteroatoms. The van der Waals surface area contributed by atoms with Gasteiger partial charge in [0.25, 0.3) is 5.56 Å². The number of nitrogens with two attached hydrogens (primary N) is 1. The van der Waals surface area contributed by atoms with Gasteiger partial charge < -0.3 is 21.3 Å². The number of nitrogens with one attached hydrogen (secondary N) is 3. The van der Waals surface area contributed by atoms with Crippen LogP contribution in [-0.4, -0.2) is 33.8 Å². The maximum absolute atomic E-state index is 12.0. The summed E-state index contributed by atoms with van der Waals surface area (Å²) < 4.78 is 1.26. The Morgan fingerprint density at radius 3 is 2.70 bits per heavy atom. The SMILES string of the molecule is Cn1[nH]c(N)c(NCC(=O)NCN2C=C2c2ccc3ccccc3c2)c1=O. The molecule has 5 N–H and O–H groups in total. The molecule has 0 unspecified atom stereocenters. The van der Waals surface area contributed by atoms with Crippen molar-refractivity contribution in [2.45, 2.75) is 0 Å². The van der Waals surface area contributed by atoms with Gasteiger partial charge in [-0.15, -0.1) is 0 Å². The van der Waals surface area contributed by atoms with Crippen molar-refractivity contribution in [3.8, 4) is 0 Å². The van der Waals surface area contributed by atoms with Gasteiger partial charge >= 0.3 is 0 Å². The summed E-state index contributed by atoms with van der Waals surface area (Å²) >= 11 is 0. The zero-order valence-electron chi connectivity index (χ0n) is 14.8. The molecular weight excluding hydrogens is 344 g/mol. The molecule has 138 valence electrons. The fourth-order valence-corrected chi connectivity index (χ4v) is 2.98. The Morgan fingerprint density at radius 1 is 1.19 bits per heavy atom. The number of carbonyl (C=O) groups is 1. The van der Waals surface area contributed by atoms with Crippen LogP contribution in [0.5, 0.6) is 0 Å².